The normalized spacial score (nSPS) is 10.3. The number of thiophene rings is 1. The number of carbonyl (C=O) groups excluding carboxylic acids is 3. The summed E-state index contributed by atoms with van der Waals surface area (Å²) in [4.78, 5) is 36.1. The number of nitrogens with one attached hydrogen (secondary N) is 2. The smallest absolute Gasteiger partial charge is 0.314 e. The van der Waals surface area contributed by atoms with Gasteiger partial charge in [0.2, 0.25) is 0 Å². The first-order valence-electron chi connectivity index (χ1n) is 7.03. The molecule has 2 rings (SSSR count). The summed E-state index contributed by atoms with van der Waals surface area (Å²) in [6, 6.07) is 5.53. The molecule has 0 saturated heterocycles. The molecule has 126 valence electrons. The van der Waals surface area contributed by atoms with Crippen LogP contribution in [0.2, 0.25) is 0 Å². The van der Waals surface area contributed by atoms with Crippen molar-refractivity contribution in [3.8, 4) is 0 Å². The van der Waals surface area contributed by atoms with Crippen molar-refractivity contribution < 1.29 is 18.8 Å². The Labute approximate surface area is 141 Å². The highest BCUT2D eigenvalue weighted by Crippen LogP contribution is 2.31. The third-order valence-corrected chi connectivity index (χ3v) is 4.55. The van der Waals surface area contributed by atoms with Crippen LogP contribution in [-0.2, 0) is 16.1 Å². The van der Waals surface area contributed by atoms with Gasteiger partial charge in [-0.3, -0.25) is 14.4 Å². The number of primary amides is 1. The van der Waals surface area contributed by atoms with Crippen molar-refractivity contribution in [3.05, 3.63) is 51.7 Å². The van der Waals surface area contributed by atoms with Crippen LogP contribution in [0.1, 0.15) is 26.4 Å². The van der Waals surface area contributed by atoms with Gasteiger partial charge in [0.05, 0.1) is 5.56 Å². The van der Waals surface area contributed by atoms with Crippen LogP contribution in [0.15, 0.2) is 24.3 Å². The molecule has 2 aromatic rings. The lowest BCUT2D eigenvalue weighted by molar-refractivity contribution is -0.136. The van der Waals surface area contributed by atoms with E-state index in [9.17, 15) is 18.8 Å². The summed E-state index contributed by atoms with van der Waals surface area (Å²) in [5, 5.41) is 5.08. The van der Waals surface area contributed by atoms with E-state index in [2.05, 4.69) is 10.6 Å². The van der Waals surface area contributed by atoms with Gasteiger partial charge in [-0.1, -0.05) is 12.1 Å². The summed E-state index contributed by atoms with van der Waals surface area (Å²) < 4.78 is 12.8. The third-order valence-electron chi connectivity index (χ3n) is 3.43. The SMILES string of the molecule is Cc1sc(NC(=O)C(=O)NCc2ccc(F)cc2)c(C(N)=O)c1C. The lowest BCUT2D eigenvalue weighted by atomic mass is 10.1. The molecule has 0 aliphatic carbocycles. The first-order chi connectivity index (χ1) is 11.3. The fraction of sp³-hybridized carbons (Fsp3) is 0.188. The molecule has 0 bridgehead atoms. The summed E-state index contributed by atoms with van der Waals surface area (Å²) in [6.45, 7) is 3.59. The van der Waals surface area contributed by atoms with Crippen LogP contribution in [0, 0.1) is 19.7 Å². The molecule has 0 aliphatic rings. The number of anilines is 1. The van der Waals surface area contributed by atoms with Crippen molar-refractivity contribution in [2.45, 2.75) is 20.4 Å². The van der Waals surface area contributed by atoms with Crippen molar-refractivity contribution in [2.24, 2.45) is 5.73 Å². The number of rotatable bonds is 4. The largest absolute Gasteiger partial charge is 0.365 e. The maximum absolute atomic E-state index is 12.8. The molecule has 8 heteroatoms. The Hall–Kier alpha value is -2.74. The standard InChI is InChI=1S/C16H16FN3O3S/c1-8-9(2)24-16(12(8)13(18)21)20-15(23)14(22)19-7-10-3-5-11(17)6-4-10/h3-6H,7H2,1-2H3,(H2,18,21)(H,19,22)(H,20,23). The number of hydrogen-bond acceptors (Lipinski definition) is 4. The van der Waals surface area contributed by atoms with Gasteiger partial charge in [-0.15, -0.1) is 11.3 Å². The molecule has 1 aromatic heterocycles. The van der Waals surface area contributed by atoms with Gasteiger partial charge >= 0.3 is 11.8 Å². The molecule has 0 radical (unpaired) electrons. The van der Waals surface area contributed by atoms with Gasteiger partial charge in [0.25, 0.3) is 5.91 Å². The van der Waals surface area contributed by atoms with Gasteiger partial charge in [0, 0.05) is 11.4 Å². The number of halogens is 1. The molecule has 0 saturated carbocycles. The Morgan fingerprint density at radius 2 is 1.75 bits per heavy atom. The molecule has 1 heterocycles. The summed E-state index contributed by atoms with van der Waals surface area (Å²) in [5.41, 5.74) is 6.84. The summed E-state index contributed by atoms with van der Waals surface area (Å²) in [5.74, 6) is -2.82. The summed E-state index contributed by atoms with van der Waals surface area (Å²) >= 11 is 1.18. The van der Waals surface area contributed by atoms with Crippen molar-refractivity contribution in [1.29, 1.82) is 0 Å². The Morgan fingerprint density at radius 1 is 1.12 bits per heavy atom. The average Bonchev–Trinajstić information content (AvgIpc) is 2.80. The zero-order valence-electron chi connectivity index (χ0n) is 13.1. The van der Waals surface area contributed by atoms with Crippen molar-refractivity contribution >= 4 is 34.1 Å². The molecular formula is C16H16FN3O3S. The predicted molar refractivity (Wildman–Crippen MR) is 89.2 cm³/mol. The molecule has 6 nitrogen and oxygen atoms in total. The van der Waals surface area contributed by atoms with E-state index in [0.29, 0.717) is 11.1 Å². The Kier molecular flexibility index (Phi) is 5.30. The molecule has 0 atom stereocenters. The topological polar surface area (TPSA) is 101 Å². The summed E-state index contributed by atoms with van der Waals surface area (Å²) in [7, 11) is 0. The van der Waals surface area contributed by atoms with Crippen molar-refractivity contribution in [1.82, 2.24) is 5.32 Å². The molecular weight excluding hydrogens is 333 g/mol. The van der Waals surface area contributed by atoms with Gasteiger partial charge in [0.15, 0.2) is 0 Å². The van der Waals surface area contributed by atoms with E-state index in [1.165, 1.54) is 35.6 Å². The molecule has 3 amide bonds. The Morgan fingerprint density at radius 3 is 2.33 bits per heavy atom. The van der Waals surface area contributed by atoms with Crippen LogP contribution in [0.25, 0.3) is 0 Å². The van der Waals surface area contributed by atoms with E-state index in [0.717, 1.165) is 4.88 Å². The van der Waals surface area contributed by atoms with E-state index in [-0.39, 0.29) is 22.9 Å². The zero-order valence-corrected chi connectivity index (χ0v) is 13.9. The Balaban J connectivity index is 2.02. The second-order valence-corrected chi connectivity index (χ2v) is 6.34. The van der Waals surface area contributed by atoms with Gasteiger partial charge in [0.1, 0.15) is 10.8 Å². The lowest BCUT2D eigenvalue weighted by Gasteiger charge is -2.06. The molecule has 24 heavy (non-hydrogen) atoms. The van der Waals surface area contributed by atoms with Crippen LogP contribution in [0.4, 0.5) is 9.39 Å². The molecule has 0 aliphatic heterocycles. The Bertz CT molecular complexity index is 800. The molecule has 0 unspecified atom stereocenters. The lowest BCUT2D eigenvalue weighted by Crippen LogP contribution is -2.35. The minimum atomic E-state index is -0.902. The van der Waals surface area contributed by atoms with E-state index >= 15 is 0 Å². The quantitative estimate of drug-likeness (QED) is 0.734. The first-order valence-corrected chi connectivity index (χ1v) is 7.84. The molecule has 0 fully saturated rings. The van der Waals surface area contributed by atoms with Crippen LogP contribution >= 0.6 is 11.3 Å². The van der Waals surface area contributed by atoms with E-state index < -0.39 is 17.7 Å². The first kappa shape index (κ1) is 17.6. The second-order valence-electron chi connectivity index (χ2n) is 5.11. The van der Waals surface area contributed by atoms with E-state index in [1.807, 2.05) is 0 Å². The van der Waals surface area contributed by atoms with Gasteiger partial charge < -0.3 is 16.4 Å². The number of hydrogen-bond donors (Lipinski definition) is 3. The van der Waals surface area contributed by atoms with Crippen molar-refractivity contribution in [3.63, 3.8) is 0 Å². The minimum Gasteiger partial charge on any atom is -0.365 e. The van der Waals surface area contributed by atoms with Gasteiger partial charge in [-0.05, 0) is 37.1 Å². The highest BCUT2D eigenvalue weighted by Gasteiger charge is 2.21. The molecule has 4 N–H and O–H groups in total. The zero-order chi connectivity index (χ0) is 17.9. The maximum atomic E-state index is 12.8. The predicted octanol–water partition coefficient (Wildman–Crippen LogP) is 1.86. The number of benzene rings is 1. The summed E-state index contributed by atoms with van der Waals surface area (Å²) in [6.07, 6.45) is 0. The second kappa shape index (κ2) is 7.22. The number of nitrogens with two attached hydrogens (primary N) is 1. The van der Waals surface area contributed by atoms with Crippen LogP contribution in [-0.4, -0.2) is 17.7 Å². The van der Waals surface area contributed by atoms with E-state index in [4.69, 9.17) is 5.73 Å². The highest BCUT2D eigenvalue weighted by atomic mass is 32.1. The third kappa shape index (κ3) is 3.96. The maximum Gasteiger partial charge on any atom is 0.314 e. The minimum absolute atomic E-state index is 0.0811. The monoisotopic (exact) mass is 349 g/mol. The van der Waals surface area contributed by atoms with Crippen LogP contribution in [0.5, 0.6) is 0 Å². The van der Waals surface area contributed by atoms with Crippen molar-refractivity contribution in [2.75, 3.05) is 5.32 Å². The van der Waals surface area contributed by atoms with Gasteiger partial charge in [-0.2, -0.15) is 0 Å². The number of amides is 3. The fourth-order valence-electron chi connectivity index (χ4n) is 2.04. The average molecular weight is 349 g/mol. The molecule has 1 aromatic carbocycles. The molecule has 0 spiro atoms. The van der Waals surface area contributed by atoms with Crippen LogP contribution < -0.4 is 16.4 Å². The van der Waals surface area contributed by atoms with Gasteiger partial charge in [-0.25, -0.2) is 4.39 Å². The number of carbonyl (C=O) groups is 3. The number of aryl methyl sites for hydroxylation is 1. The van der Waals surface area contributed by atoms with Crippen LogP contribution in [0.3, 0.4) is 0 Å². The highest BCUT2D eigenvalue weighted by molar-refractivity contribution is 7.17. The van der Waals surface area contributed by atoms with E-state index in [1.54, 1.807) is 13.8 Å². The fourth-order valence-corrected chi connectivity index (χ4v) is 3.10.